The Balaban J connectivity index is 2.53. The van der Waals surface area contributed by atoms with Gasteiger partial charge >= 0.3 is 0 Å². The highest BCUT2D eigenvalue weighted by atomic mass is 16.1. The fourth-order valence-electron chi connectivity index (χ4n) is 1.83. The molecule has 1 amide bonds. The van der Waals surface area contributed by atoms with Gasteiger partial charge in [0, 0.05) is 6.92 Å². The van der Waals surface area contributed by atoms with E-state index in [1.54, 1.807) is 0 Å². The van der Waals surface area contributed by atoms with Crippen molar-refractivity contribution in [2.75, 3.05) is 11.1 Å². The molecule has 1 rings (SSSR count). The predicted molar refractivity (Wildman–Crippen MR) is 73.0 cm³/mol. The molecule has 0 aromatic heterocycles. The van der Waals surface area contributed by atoms with Gasteiger partial charge in [0.05, 0.1) is 11.4 Å². The van der Waals surface area contributed by atoms with Crippen molar-refractivity contribution in [1.29, 1.82) is 0 Å². The number of anilines is 2. The van der Waals surface area contributed by atoms with Crippen molar-refractivity contribution in [2.45, 2.75) is 46.0 Å². The highest BCUT2D eigenvalue weighted by Gasteiger charge is 2.02. The molecule has 1 aromatic rings. The maximum absolute atomic E-state index is 10.9. The largest absolute Gasteiger partial charge is 0.397 e. The van der Waals surface area contributed by atoms with Gasteiger partial charge in [-0.05, 0) is 30.5 Å². The molecule has 94 valence electrons. The molecule has 3 heteroatoms. The maximum atomic E-state index is 10.9. The molecule has 0 aliphatic rings. The molecule has 0 aliphatic heterocycles. The molecule has 0 heterocycles. The molecule has 0 saturated carbocycles. The fraction of sp³-hybridized carbons (Fsp3) is 0.500. The van der Waals surface area contributed by atoms with Crippen molar-refractivity contribution in [2.24, 2.45) is 0 Å². The molecule has 0 unspecified atom stereocenters. The SMILES string of the molecule is CCCCCCc1ccc(NC(C)=O)c(N)c1. The van der Waals surface area contributed by atoms with Crippen LogP contribution in [-0.2, 0) is 11.2 Å². The minimum atomic E-state index is -0.0904. The van der Waals surface area contributed by atoms with Crippen LogP contribution in [0.5, 0.6) is 0 Å². The van der Waals surface area contributed by atoms with E-state index in [2.05, 4.69) is 12.2 Å². The van der Waals surface area contributed by atoms with Crippen molar-refractivity contribution in [3.8, 4) is 0 Å². The van der Waals surface area contributed by atoms with Crippen LogP contribution in [0, 0.1) is 0 Å². The van der Waals surface area contributed by atoms with Crippen LogP contribution in [0.15, 0.2) is 18.2 Å². The van der Waals surface area contributed by atoms with Crippen molar-refractivity contribution in [1.82, 2.24) is 0 Å². The van der Waals surface area contributed by atoms with Crippen LogP contribution in [0.4, 0.5) is 11.4 Å². The zero-order valence-corrected chi connectivity index (χ0v) is 10.8. The van der Waals surface area contributed by atoms with Gasteiger partial charge in [-0.15, -0.1) is 0 Å². The number of hydrogen-bond acceptors (Lipinski definition) is 2. The number of unbranched alkanes of at least 4 members (excludes halogenated alkanes) is 3. The van der Waals surface area contributed by atoms with E-state index >= 15 is 0 Å². The Morgan fingerprint density at radius 3 is 2.65 bits per heavy atom. The van der Waals surface area contributed by atoms with Crippen LogP contribution < -0.4 is 11.1 Å². The average molecular weight is 234 g/mol. The van der Waals surface area contributed by atoms with E-state index in [1.807, 2.05) is 18.2 Å². The summed E-state index contributed by atoms with van der Waals surface area (Å²) in [7, 11) is 0. The second kappa shape index (κ2) is 6.94. The lowest BCUT2D eigenvalue weighted by atomic mass is 10.1. The van der Waals surface area contributed by atoms with Crippen molar-refractivity contribution < 1.29 is 4.79 Å². The van der Waals surface area contributed by atoms with Gasteiger partial charge in [0.25, 0.3) is 0 Å². The number of rotatable bonds is 6. The number of nitrogens with one attached hydrogen (secondary N) is 1. The number of carbonyl (C=O) groups is 1. The summed E-state index contributed by atoms with van der Waals surface area (Å²) in [6.07, 6.45) is 6.07. The zero-order chi connectivity index (χ0) is 12.7. The lowest BCUT2D eigenvalue weighted by Crippen LogP contribution is -2.08. The first-order valence-corrected chi connectivity index (χ1v) is 6.29. The van der Waals surface area contributed by atoms with E-state index in [1.165, 1.54) is 38.2 Å². The molecule has 0 bridgehead atoms. The Morgan fingerprint density at radius 2 is 2.06 bits per heavy atom. The topological polar surface area (TPSA) is 55.1 Å². The summed E-state index contributed by atoms with van der Waals surface area (Å²) in [5.74, 6) is -0.0904. The highest BCUT2D eigenvalue weighted by molar-refractivity contribution is 5.92. The molecule has 3 nitrogen and oxygen atoms in total. The number of nitrogen functional groups attached to an aromatic ring is 1. The van der Waals surface area contributed by atoms with Gasteiger partial charge in [0.2, 0.25) is 5.91 Å². The molecule has 0 spiro atoms. The molecular formula is C14H22N2O. The third-order valence-corrected chi connectivity index (χ3v) is 2.75. The summed E-state index contributed by atoms with van der Waals surface area (Å²) in [5, 5.41) is 2.71. The van der Waals surface area contributed by atoms with Crippen LogP contribution in [0.3, 0.4) is 0 Å². The smallest absolute Gasteiger partial charge is 0.221 e. The summed E-state index contributed by atoms with van der Waals surface area (Å²) in [4.78, 5) is 10.9. The second-order valence-corrected chi connectivity index (χ2v) is 4.41. The average Bonchev–Trinajstić information content (AvgIpc) is 2.27. The molecule has 0 atom stereocenters. The molecular weight excluding hydrogens is 212 g/mol. The fourth-order valence-corrected chi connectivity index (χ4v) is 1.83. The number of aryl methyl sites for hydroxylation is 1. The summed E-state index contributed by atoms with van der Waals surface area (Å²) in [5.41, 5.74) is 8.48. The lowest BCUT2D eigenvalue weighted by molar-refractivity contribution is -0.114. The third kappa shape index (κ3) is 4.89. The number of hydrogen-bond donors (Lipinski definition) is 2. The normalized spacial score (nSPS) is 10.2. The van der Waals surface area contributed by atoms with Gasteiger partial charge in [0.15, 0.2) is 0 Å². The van der Waals surface area contributed by atoms with Crippen molar-refractivity contribution >= 4 is 17.3 Å². The van der Waals surface area contributed by atoms with Crippen LogP contribution in [0.1, 0.15) is 45.1 Å². The Bertz CT molecular complexity index is 374. The first-order chi connectivity index (χ1) is 8.13. The molecule has 0 saturated heterocycles. The minimum Gasteiger partial charge on any atom is -0.397 e. The highest BCUT2D eigenvalue weighted by Crippen LogP contribution is 2.21. The van der Waals surface area contributed by atoms with Gasteiger partial charge in [-0.2, -0.15) is 0 Å². The summed E-state index contributed by atoms with van der Waals surface area (Å²) >= 11 is 0. The first kappa shape index (κ1) is 13.6. The summed E-state index contributed by atoms with van der Waals surface area (Å²) in [6.45, 7) is 3.69. The van der Waals surface area contributed by atoms with Gasteiger partial charge in [-0.25, -0.2) is 0 Å². The first-order valence-electron chi connectivity index (χ1n) is 6.29. The Morgan fingerprint density at radius 1 is 1.29 bits per heavy atom. The monoisotopic (exact) mass is 234 g/mol. The third-order valence-electron chi connectivity index (χ3n) is 2.75. The lowest BCUT2D eigenvalue weighted by Gasteiger charge is -2.08. The van der Waals surface area contributed by atoms with E-state index in [9.17, 15) is 4.79 Å². The van der Waals surface area contributed by atoms with Crippen LogP contribution in [-0.4, -0.2) is 5.91 Å². The summed E-state index contributed by atoms with van der Waals surface area (Å²) in [6, 6.07) is 5.87. The molecule has 0 radical (unpaired) electrons. The molecule has 17 heavy (non-hydrogen) atoms. The summed E-state index contributed by atoms with van der Waals surface area (Å²) < 4.78 is 0. The van der Waals surface area contributed by atoms with Gasteiger partial charge in [-0.3, -0.25) is 4.79 Å². The number of nitrogens with two attached hydrogens (primary N) is 1. The number of carbonyl (C=O) groups excluding carboxylic acids is 1. The van der Waals surface area contributed by atoms with Gasteiger partial charge in [-0.1, -0.05) is 32.3 Å². The minimum absolute atomic E-state index is 0.0904. The van der Waals surface area contributed by atoms with Crippen LogP contribution >= 0.6 is 0 Å². The van der Waals surface area contributed by atoms with Crippen molar-refractivity contribution in [3.63, 3.8) is 0 Å². The van der Waals surface area contributed by atoms with Crippen LogP contribution in [0.25, 0.3) is 0 Å². The van der Waals surface area contributed by atoms with E-state index < -0.39 is 0 Å². The predicted octanol–water partition coefficient (Wildman–Crippen LogP) is 3.35. The van der Waals surface area contributed by atoms with Gasteiger partial charge in [0.1, 0.15) is 0 Å². The van der Waals surface area contributed by atoms with E-state index in [-0.39, 0.29) is 5.91 Å². The molecule has 0 aliphatic carbocycles. The Hall–Kier alpha value is -1.51. The van der Waals surface area contributed by atoms with E-state index in [0.29, 0.717) is 11.4 Å². The van der Waals surface area contributed by atoms with E-state index in [0.717, 1.165) is 6.42 Å². The standard InChI is InChI=1S/C14H22N2O/c1-3-4-5-6-7-12-8-9-14(13(15)10-12)16-11(2)17/h8-10H,3-7,15H2,1-2H3,(H,16,17). The molecule has 3 N–H and O–H groups in total. The molecule has 0 fully saturated rings. The molecule has 1 aromatic carbocycles. The zero-order valence-electron chi connectivity index (χ0n) is 10.8. The van der Waals surface area contributed by atoms with E-state index in [4.69, 9.17) is 5.73 Å². The number of amides is 1. The second-order valence-electron chi connectivity index (χ2n) is 4.41. The van der Waals surface area contributed by atoms with Crippen LogP contribution in [0.2, 0.25) is 0 Å². The maximum Gasteiger partial charge on any atom is 0.221 e. The Labute approximate surface area is 103 Å². The quantitative estimate of drug-likeness (QED) is 0.586. The van der Waals surface area contributed by atoms with Gasteiger partial charge < -0.3 is 11.1 Å². The number of benzene rings is 1. The van der Waals surface area contributed by atoms with Crippen molar-refractivity contribution in [3.05, 3.63) is 23.8 Å². The Kier molecular flexibility index (Phi) is 5.53.